The van der Waals surface area contributed by atoms with Crippen LogP contribution >= 0.6 is 0 Å². The summed E-state index contributed by atoms with van der Waals surface area (Å²) in [5.74, 6) is -0.411. The average molecular weight is 437 g/mol. The fourth-order valence-electron chi connectivity index (χ4n) is 3.86. The predicted molar refractivity (Wildman–Crippen MR) is 127 cm³/mol. The molecule has 2 aromatic carbocycles. The Bertz CT molecular complexity index is 1590. The molecule has 0 fully saturated rings. The summed E-state index contributed by atoms with van der Waals surface area (Å²) < 4.78 is 3.32. The van der Waals surface area contributed by atoms with Crippen LogP contribution < -0.4 is 10.9 Å². The van der Waals surface area contributed by atoms with Crippen LogP contribution in [-0.4, -0.2) is 30.3 Å². The van der Waals surface area contributed by atoms with Gasteiger partial charge in [-0.05, 0) is 48.5 Å². The fraction of sp³-hybridized carbons (Fsp3) is 0.0400. The molecule has 5 rings (SSSR count). The molecule has 8 nitrogen and oxygen atoms in total. The van der Waals surface area contributed by atoms with E-state index in [9.17, 15) is 14.7 Å². The third-order valence-electron chi connectivity index (χ3n) is 5.44. The summed E-state index contributed by atoms with van der Waals surface area (Å²) >= 11 is 0. The normalized spacial score (nSPS) is 11.1. The first kappa shape index (κ1) is 20.3. The Morgan fingerprint density at radius 3 is 2.73 bits per heavy atom. The SMILES string of the molecule is C=CC(=O)Nc1cc(-n2c(=O)ccc3cnc4ccc(-n5cccn5)cc4c32)ccc1CO. The molecule has 0 aliphatic rings. The van der Waals surface area contributed by atoms with Gasteiger partial charge in [0.2, 0.25) is 5.91 Å². The van der Waals surface area contributed by atoms with Crippen molar-refractivity contribution in [3.8, 4) is 11.4 Å². The van der Waals surface area contributed by atoms with Gasteiger partial charge in [0.15, 0.2) is 0 Å². The number of fused-ring (bicyclic) bond motifs is 3. The largest absolute Gasteiger partial charge is 0.392 e. The Hall–Kier alpha value is -4.56. The third kappa shape index (κ3) is 3.58. The first-order valence-corrected chi connectivity index (χ1v) is 10.2. The number of amides is 1. The molecular weight excluding hydrogens is 418 g/mol. The van der Waals surface area contributed by atoms with Crippen LogP contribution in [0.25, 0.3) is 33.2 Å². The van der Waals surface area contributed by atoms with Gasteiger partial charge < -0.3 is 10.4 Å². The maximum atomic E-state index is 13.1. The number of carbonyl (C=O) groups is 1. The van der Waals surface area contributed by atoms with Crippen molar-refractivity contribution in [2.45, 2.75) is 6.61 Å². The Morgan fingerprint density at radius 2 is 1.97 bits per heavy atom. The Morgan fingerprint density at radius 1 is 1.12 bits per heavy atom. The van der Waals surface area contributed by atoms with Gasteiger partial charge in [-0.15, -0.1) is 0 Å². The number of pyridine rings is 2. The summed E-state index contributed by atoms with van der Waals surface area (Å²) in [7, 11) is 0. The van der Waals surface area contributed by atoms with Crippen LogP contribution in [0.15, 0.2) is 90.6 Å². The molecule has 0 unspecified atom stereocenters. The van der Waals surface area contributed by atoms with Gasteiger partial charge in [-0.3, -0.25) is 19.1 Å². The molecule has 0 spiro atoms. The quantitative estimate of drug-likeness (QED) is 0.324. The lowest BCUT2D eigenvalue weighted by Crippen LogP contribution is -2.18. The van der Waals surface area contributed by atoms with Crippen LogP contribution in [-0.2, 0) is 11.4 Å². The molecule has 0 bridgehead atoms. The average Bonchev–Trinajstić information content (AvgIpc) is 3.38. The minimum atomic E-state index is -0.411. The number of carbonyl (C=O) groups excluding carboxylic acids is 1. The molecule has 3 heterocycles. The Balaban J connectivity index is 1.81. The molecule has 162 valence electrons. The number of hydrogen-bond donors (Lipinski definition) is 2. The lowest BCUT2D eigenvalue weighted by Gasteiger charge is -2.16. The molecule has 0 atom stereocenters. The maximum Gasteiger partial charge on any atom is 0.255 e. The number of hydrogen-bond acceptors (Lipinski definition) is 5. The molecule has 0 radical (unpaired) electrons. The summed E-state index contributed by atoms with van der Waals surface area (Å²) in [6, 6.07) is 15.9. The second-order valence-corrected chi connectivity index (χ2v) is 7.41. The molecule has 33 heavy (non-hydrogen) atoms. The van der Waals surface area contributed by atoms with Crippen LogP contribution in [0.3, 0.4) is 0 Å². The number of nitrogens with one attached hydrogen (secondary N) is 1. The lowest BCUT2D eigenvalue weighted by molar-refractivity contribution is -0.111. The van der Waals surface area contributed by atoms with E-state index in [2.05, 4.69) is 22.0 Å². The van der Waals surface area contributed by atoms with Crippen LogP contribution in [0.5, 0.6) is 0 Å². The predicted octanol–water partition coefficient (Wildman–Crippen LogP) is 3.34. The Kier molecular flexibility index (Phi) is 5.04. The number of anilines is 1. The van der Waals surface area contributed by atoms with Crippen molar-refractivity contribution in [1.29, 1.82) is 0 Å². The number of rotatable bonds is 5. The number of aromatic nitrogens is 4. The molecule has 0 aliphatic heterocycles. The first-order chi connectivity index (χ1) is 16.1. The molecule has 0 aliphatic carbocycles. The number of aliphatic hydroxyl groups excluding tert-OH is 1. The van der Waals surface area contributed by atoms with Gasteiger partial charge >= 0.3 is 0 Å². The van der Waals surface area contributed by atoms with Gasteiger partial charge in [-0.25, -0.2) is 4.68 Å². The molecule has 0 saturated carbocycles. The highest BCUT2D eigenvalue weighted by Crippen LogP contribution is 2.28. The Labute approximate surface area is 188 Å². The van der Waals surface area contributed by atoms with E-state index in [4.69, 9.17) is 0 Å². The molecule has 8 heteroatoms. The van der Waals surface area contributed by atoms with E-state index in [-0.39, 0.29) is 12.2 Å². The summed E-state index contributed by atoms with van der Waals surface area (Å²) in [6.07, 6.45) is 6.41. The van der Waals surface area contributed by atoms with E-state index in [0.29, 0.717) is 22.5 Å². The van der Waals surface area contributed by atoms with Crippen molar-refractivity contribution in [3.05, 3.63) is 102 Å². The summed E-state index contributed by atoms with van der Waals surface area (Å²) in [5, 5.41) is 18.2. The van der Waals surface area contributed by atoms with Crippen molar-refractivity contribution in [1.82, 2.24) is 19.3 Å². The maximum absolute atomic E-state index is 13.1. The second kappa shape index (κ2) is 8.18. The van der Waals surface area contributed by atoms with E-state index in [0.717, 1.165) is 28.1 Å². The smallest absolute Gasteiger partial charge is 0.255 e. The summed E-state index contributed by atoms with van der Waals surface area (Å²) in [5.41, 5.74) is 3.47. The fourth-order valence-corrected chi connectivity index (χ4v) is 3.86. The topological polar surface area (TPSA) is 102 Å². The van der Waals surface area contributed by atoms with E-state index in [1.54, 1.807) is 45.9 Å². The molecule has 0 saturated heterocycles. The van der Waals surface area contributed by atoms with E-state index >= 15 is 0 Å². The van der Waals surface area contributed by atoms with Crippen molar-refractivity contribution in [2.24, 2.45) is 0 Å². The number of aliphatic hydroxyl groups is 1. The lowest BCUT2D eigenvalue weighted by atomic mass is 10.1. The zero-order chi connectivity index (χ0) is 22.9. The highest BCUT2D eigenvalue weighted by molar-refractivity contribution is 6.05. The van der Waals surface area contributed by atoms with Crippen molar-refractivity contribution < 1.29 is 9.90 Å². The highest BCUT2D eigenvalue weighted by Gasteiger charge is 2.14. The van der Waals surface area contributed by atoms with Gasteiger partial charge in [-0.2, -0.15) is 5.10 Å². The zero-order valence-corrected chi connectivity index (χ0v) is 17.5. The van der Waals surface area contributed by atoms with Crippen LogP contribution in [0.2, 0.25) is 0 Å². The van der Waals surface area contributed by atoms with Gasteiger partial charge in [-0.1, -0.05) is 12.6 Å². The van der Waals surface area contributed by atoms with Gasteiger partial charge in [0.25, 0.3) is 5.56 Å². The van der Waals surface area contributed by atoms with E-state index < -0.39 is 5.91 Å². The molecule has 1 amide bonds. The zero-order valence-electron chi connectivity index (χ0n) is 17.5. The van der Waals surface area contributed by atoms with Crippen molar-refractivity contribution >= 4 is 33.4 Å². The minimum Gasteiger partial charge on any atom is -0.392 e. The second-order valence-electron chi connectivity index (χ2n) is 7.41. The van der Waals surface area contributed by atoms with E-state index in [1.165, 1.54) is 6.07 Å². The molecule has 3 aromatic heterocycles. The first-order valence-electron chi connectivity index (χ1n) is 10.2. The van der Waals surface area contributed by atoms with E-state index in [1.807, 2.05) is 30.5 Å². The van der Waals surface area contributed by atoms with Crippen LogP contribution in [0, 0.1) is 0 Å². The molecule has 2 N–H and O–H groups in total. The monoisotopic (exact) mass is 437 g/mol. The highest BCUT2D eigenvalue weighted by atomic mass is 16.3. The molecule has 5 aromatic rings. The third-order valence-corrected chi connectivity index (χ3v) is 5.44. The summed E-state index contributed by atoms with van der Waals surface area (Å²) in [4.78, 5) is 29.6. The van der Waals surface area contributed by atoms with Crippen LogP contribution in [0.1, 0.15) is 5.56 Å². The standard InChI is InChI=1S/C25H19N5O3/c1-2-23(32)28-22-13-19(6-4-17(22)15-31)30-24(33)9-5-16-14-26-21-8-7-18(12-20(21)25(16)30)29-11-3-10-27-29/h2-14,31H,1,15H2,(H,28,32). The van der Waals surface area contributed by atoms with Gasteiger partial charge in [0, 0.05) is 46.7 Å². The van der Waals surface area contributed by atoms with Crippen molar-refractivity contribution in [2.75, 3.05) is 5.32 Å². The number of nitrogens with zero attached hydrogens (tertiary/aromatic N) is 4. The van der Waals surface area contributed by atoms with Crippen molar-refractivity contribution in [3.63, 3.8) is 0 Å². The van der Waals surface area contributed by atoms with Gasteiger partial charge in [0.05, 0.1) is 29.0 Å². The number of benzene rings is 2. The molecular formula is C25H19N5O3. The van der Waals surface area contributed by atoms with Crippen LogP contribution in [0.4, 0.5) is 5.69 Å². The van der Waals surface area contributed by atoms with Gasteiger partial charge in [0.1, 0.15) is 0 Å². The minimum absolute atomic E-state index is 0.239. The summed E-state index contributed by atoms with van der Waals surface area (Å²) in [6.45, 7) is 3.20.